The highest BCUT2D eigenvalue weighted by molar-refractivity contribution is 7.72. The summed E-state index contributed by atoms with van der Waals surface area (Å²) in [6.07, 6.45) is 4.59. The number of rotatable bonds is 5. The maximum absolute atomic E-state index is 6.78. The van der Waals surface area contributed by atoms with Gasteiger partial charge in [0.2, 0.25) is 7.34 Å². The quantitative estimate of drug-likeness (QED) is 0.369. The summed E-state index contributed by atoms with van der Waals surface area (Å²) >= 11 is 0. The largest absolute Gasteiger partial charge is 0.440 e. The summed E-state index contributed by atoms with van der Waals surface area (Å²) in [5, 5.41) is 0.973. The average Bonchev–Trinajstić information content (AvgIpc) is 2.70. The summed E-state index contributed by atoms with van der Waals surface area (Å²) in [6.45, 7) is 17.5. The third-order valence-electron chi connectivity index (χ3n) is 5.53. The summed E-state index contributed by atoms with van der Waals surface area (Å²) in [7, 11) is -2.74. The van der Waals surface area contributed by atoms with E-state index in [1.165, 1.54) is 11.1 Å². The molecule has 32 heavy (non-hydrogen) atoms. The molecule has 0 aliphatic rings. The summed E-state index contributed by atoms with van der Waals surface area (Å²) in [6, 6.07) is 22.8. The molecule has 0 atom stereocenters. The van der Waals surface area contributed by atoms with E-state index >= 15 is 0 Å². The predicted molar refractivity (Wildman–Crippen MR) is 141 cm³/mol. The van der Waals surface area contributed by atoms with Gasteiger partial charge in [-0.3, -0.25) is 0 Å². The van der Waals surface area contributed by atoms with Gasteiger partial charge in [0.05, 0.1) is 0 Å². The van der Waals surface area contributed by atoms with E-state index < -0.39 is 7.34 Å². The first kappa shape index (κ1) is 24.2. The summed E-state index contributed by atoms with van der Waals surface area (Å²) < 4.78 is 13.6. The number of hydrogen-bond acceptors (Lipinski definition) is 2. The van der Waals surface area contributed by atoms with Crippen molar-refractivity contribution < 1.29 is 9.05 Å². The van der Waals surface area contributed by atoms with Crippen LogP contribution >= 0.6 is 7.34 Å². The van der Waals surface area contributed by atoms with Crippen molar-refractivity contribution in [1.82, 2.24) is 0 Å². The van der Waals surface area contributed by atoms with Crippen LogP contribution in [0.1, 0.15) is 63.8 Å². The molecular formula is C29H37O2P. The first-order valence-corrected chi connectivity index (χ1v) is 13.0. The molecule has 0 fully saturated rings. The Morgan fingerprint density at radius 3 is 1.41 bits per heavy atom. The van der Waals surface area contributed by atoms with E-state index in [9.17, 15) is 0 Å². The molecule has 0 saturated carbocycles. The molecule has 0 heterocycles. The topological polar surface area (TPSA) is 18.5 Å². The van der Waals surface area contributed by atoms with Gasteiger partial charge in [-0.15, -0.1) is 0 Å². The molecule has 0 saturated heterocycles. The van der Waals surface area contributed by atoms with Crippen LogP contribution in [-0.2, 0) is 10.8 Å². The van der Waals surface area contributed by atoms with Crippen molar-refractivity contribution in [3.05, 3.63) is 89.0 Å². The Morgan fingerprint density at radius 2 is 1.03 bits per heavy atom. The van der Waals surface area contributed by atoms with Gasteiger partial charge in [-0.1, -0.05) is 95.1 Å². The van der Waals surface area contributed by atoms with Gasteiger partial charge in [-0.2, -0.15) is 0 Å². The minimum Gasteiger partial charge on any atom is -0.440 e. The zero-order valence-electron chi connectivity index (χ0n) is 20.8. The second kappa shape index (κ2) is 8.83. The molecular weight excluding hydrogens is 411 g/mol. The third kappa shape index (κ3) is 5.48. The highest BCUT2D eigenvalue weighted by Crippen LogP contribution is 2.51. The van der Waals surface area contributed by atoms with Crippen molar-refractivity contribution in [3.8, 4) is 11.5 Å². The summed E-state index contributed by atoms with van der Waals surface area (Å²) in [4.78, 5) is 0. The lowest BCUT2D eigenvalue weighted by Gasteiger charge is -2.32. The lowest BCUT2D eigenvalue weighted by Crippen LogP contribution is -2.20. The van der Waals surface area contributed by atoms with E-state index in [4.69, 9.17) is 9.05 Å². The van der Waals surface area contributed by atoms with Gasteiger partial charge in [0.1, 0.15) is 11.5 Å². The van der Waals surface area contributed by atoms with Crippen LogP contribution in [-0.4, -0.2) is 6.30 Å². The Morgan fingerprint density at radius 1 is 0.625 bits per heavy atom. The lowest BCUT2D eigenvalue weighted by atomic mass is 9.85. The Hall–Kier alpha value is -2.44. The zero-order valence-corrected chi connectivity index (χ0v) is 21.7. The Kier molecular flexibility index (Phi) is 6.68. The second-order valence-electron chi connectivity index (χ2n) is 10.7. The van der Waals surface area contributed by atoms with Gasteiger partial charge in [0.25, 0.3) is 0 Å². The predicted octanol–water partition coefficient (Wildman–Crippen LogP) is 7.96. The molecule has 0 N–H and O–H groups in total. The molecule has 0 unspecified atom stereocenters. The maximum Gasteiger partial charge on any atom is 0.245 e. The minimum absolute atomic E-state index is 0.0662. The van der Waals surface area contributed by atoms with Gasteiger partial charge in [-0.25, -0.2) is 0 Å². The molecule has 0 aliphatic heterocycles. The molecule has 0 spiro atoms. The SMILES string of the molecule is C=P(Oc1ccc(C)cc1C(C)(C)C)(Oc1ccc(C)cc1C(C)(C)C)c1ccccc1. The molecule has 0 amide bonds. The molecule has 0 bridgehead atoms. The van der Waals surface area contributed by atoms with Crippen LogP contribution in [0.4, 0.5) is 0 Å². The van der Waals surface area contributed by atoms with Crippen LogP contribution in [0, 0.1) is 13.8 Å². The van der Waals surface area contributed by atoms with E-state index in [0.29, 0.717) is 0 Å². The number of hydrogen-bond donors (Lipinski definition) is 0. The number of aryl methyl sites for hydroxylation is 2. The van der Waals surface area contributed by atoms with E-state index in [2.05, 4.69) is 110 Å². The van der Waals surface area contributed by atoms with Gasteiger partial charge in [-0.05, 0) is 55.2 Å². The van der Waals surface area contributed by atoms with E-state index in [1.54, 1.807) is 0 Å². The normalized spacial score (nSPS) is 12.5. The number of benzene rings is 3. The van der Waals surface area contributed by atoms with E-state index in [1.807, 2.05) is 18.2 Å². The standard InChI is InChI=1S/C29H37O2P/c1-21-15-17-26(24(19-21)28(3,4)5)30-32(9,23-13-11-10-12-14-23)31-27-18-16-22(2)20-25(27)29(6,7)8/h10-20H,9H2,1-8H3. The molecule has 0 aromatic heterocycles. The molecule has 3 heteroatoms. The summed E-state index contributed by atoms with van der Waals surface area (Å²) in [5.74, 6) is 1.67. The van der Waals surface area contributed by atoms with Crippen LogP contribution < -0.4 is 14.4 Å². The molecule has 0 radical (unpaired) electrons. The Bertz CT molecular complexity index is 1060. The van der Waals surface area contributed by atoms with Crippen LogP contribution in [0.5, 0.6) is 11.5 Å². The fraction of sp³-hybridized carbons (Fsp3) is 0.345. The minimum atomic E-state index is -2.74. The first-order chi connectivity index (χ1) is 14.8. The van der Waals surface area contributed by atoms with Gasteiger partial charge in [0, 0.05) is 16.4 Å². The van der Waals surface area contributed by atoms with E-state index in [-0.39, 0.29) is 10.8 Å². The molecule has 3 rings (SSSR count). The average molecular weight is 449 g/mol. The van der Waals surface area contributed by atoms with Crippen molar-refractivity contribution in [1.29, 1.82) is 0 Å². The van der Waals surface area contributed by atoms with Gasteiger partial charge >= 0.3 is 0 Å². The molecule has 3 aromatic carbocycles. The lowest BCUT2D eigenvalue weighted by molar-refractivity contribution is 0.465. The van der Waals surface area contributed by atoms with E-state index in [0.717, 1.165) is 27.9 Å². The Labute approximate surface area is 194 Å². The fourth-order valence-electron chi connectivity index (χ4n) is 3.72. The van der Waals surface area contributed by atoms with Crippen LogP contribution in [0.15, 0.2) is 66.7 Å². The van der Waals surface area contributed by atoms with Crippen molar-refractivity contribution in [2.45, 2.75) is 66.2 Å². The molecule has 3 aromatic rings. The maximum atomic E-state index is 6.78. The zero-order chi connectivity index (χ0) is 23.7. The molecule has 2 nitrogen and oxygen atoms in total. The molecule has 0 aliphatic carbocycles. The second-order valence-corrected chi connectivity index (χ2v) is 12.9. The van der Waals surface area contributed by atoms with Crippen LogP contribution in [0.2, 0.25) is 0 Å². The van der Waals surface area contributed by atoms with Crippen molar-refractivity contribution >= 4 is 18.9 Å². The van der Waals surface area contributed by atoms with Crippen LogP contribution in [0.25, 0.3) is 0 Å². The van der Waals surface area contributed by atoms with Gasteiger partial charge < -0.3 is 9.05 Å². The first-order valence-electron chi connectivity index (χ1n) is 11.2. The fourth-order valence-corrected chi connectivity index (χ4v) is 5.54. The Balaban J connectivity index is 2.15. The van der Waals surface area contributed by atoms with Crippen molar-refractivity contribution in [2.24, 2.45) is 0 Å². The van der Waals surface area contributed by atoms with Crippen molar-refractivity contribution in [2.75, 3.05) is 0 Å². The monoisotopic (exact) mass is 448 g/mol. The third-order valence-corrected chi connectivity index (χ3v) is 7.60. The highest BCUT2D eigenvalue weighted by Gasteiger charge is 2.29. The summed E-state index contributed by atoms with van der Waals surface area (Å²) in [5.41, 5.74) is 4.61. The highest BCUT2D eigenvalue weighted by atomic mass is 31.2. The molecule has 170 valence electrons. The smallest absolute Gasteiger partial charge is 0.245 e. The van der Waals surface area contributed by atoms with Crippen molar-refractivity contribution in [3.63, 3.8) is 0 Å². The van der Waals surface area contributed by atoms with Gasteiger partial charge in [0.15, 0.2) is 0 Å². The van der Waals surface area contributed by atoms with Crippen LogP contribution in [0.3, 0.4) is 0 Å².